The molecule has 0 aliphatic carbocycles. The maximum atomic E-state index is 12.0. The number of nitrogens with zero attached hydrogens (tertiary/aromatic N) is 3. The zero-order chi connectivity index (χ0) is 28.6. The van der Waals surface area contributed by atoms with Gasteiger partial charge in [0.2, 0.25) is 5.91 Å². The van der Waals surface area contributed by atoms with Gasteiger partial charge >= 0.3 is 5.97 Å². The van der Waals surface area contributed by atoms with Gasteiger partial charge in [-0.2, -0.15) is 0 Å². The Balaban J connectivity index is 1.64. The van der Waals surface area contributed by atoms with Gasteiger partial charge in [-0.15, -0.1) is 0 Å². The van der Waals surface area contributed by atoms with Gasteiger partial charge in [0.15, 0.2) is 5.11 Å². The monoisotopic (exact) mass is 553 g/mol. The number of carbonyl (C=O) groups excluding carboxylic acids is 1. The van der Waals surface area contributed by atoms with Crippen molar-refractivity contribution in [2.24, 2.45) is 0 Å². The Labute approximate surface area is 238 Å². The Bertz CT molecular complexity index is 1610. The van der Waals surface area contributed by atoms with E-state index in [1.807, 2.05) is 70.2 Å². The van der Waals surface area contributed by atoms with Gasteiger partial charge in [-0.05, 0) is 98.7 Å². The molecule has 4 aromatic rings. The van der Waals surface area contributed by atoms with Crippen LogP contribution in [0.5, 0.6) is 0 Å². The van der Waals surface area contributed by atoms with Crippen molar-refractivity contribution in [3.63, 3.8) is 0 Å². The molecular weight excluding hydrogens is 522 g/mol. The van der Waals surface area contributed by atoms with Crippen LogP contribution < -0.4 is 15.5 Å². The first kappa shape index (κ1) is 27.1. The fraction of sp³-hybridized carbons (Fsp3) is 0.226. The molecule has 1 fully saturated rings. The van der Waals surface area contributed by atoms with Gasteiger partial charge in [0.25, 0.3) is 0 Å². The molecular formula is C31H31N5O3S. The zero-order valence-electron chi connectivity index (χ0n) is 22.8. The summed E-state index contributed by atoms with van der Waals surface area (Å²) in [6.45, 7) is 7.84. The second kappa shape index (κ2) is 10.9. The molecule has 0 unspecified atom stereocenters. The SMILES string of the molecule is CCC(=O)Nc1ccc(N2C(=S)N[C@H](c3ccccn3)[C@@H]2c2cc(C)n(-c3cccc(C(=O)O)c3)c2C)cc1C. The number of pyridine rings is 1. The molecule has 0 bridgehead atoms. The second-order valence-electron chi connectivity index (χ2n) is 9.91. The number of hydrogen-bond donors (Lipinski definition) is 3. The lowest BCUT2D eigenvalue weighted by molar-refractivity contribution is -0.115. The number of aromatic carboxylic acids is 1. The number of aryl methyl sites for hydroxylation is 2. The summed E-state index contributed by atoms with van der Waals surface area (Å²) in [6, 6.07) is 20.4. The van der Waals surface area contributed by atoms with Gasteiger partial charge in [-0.3, -0.25) is 9.78 Å². The maximum Gasteiger partial charge on any atom is 0.335 e. The minimum Gasteiger partial charge on any atom is -0.478 e. The minimum atomic E-state index is -0.967. The summed E-state index contributed by atoms with van der Waals surface area (Å²) in [5.74, 6) is -1.01. The van der Waals surface area contributed by atoms with E-state index in [4.69, 9.17) is 12.2 Å². The van der Waals surface area contributed by atoms with Crippen LogP contribution in [0.2, 0.25) is 0 Å². The van der Waals surface area contributed by atoms with Crippen LogP contribution in [0, 0.1) is 20.8 Å². The van der Waals surface area contributed by atoms with Gasteiger partial charge in [-0.1, -0.05) is 19.1 Å². The normalized spacial score (nSPS) is 16.6. The van der Waals surface area contributed by atoms with Gasteiger partial charge < -0.3 is 25.2 Å². The van der Waals surface area contributed by atoms with Crippen molar-refractivity contribution in [3.05, 3.63) is 107 Å². The number of thiocarbonyl (C=S) groups is 1. The molecule has 3 N–H and O–H groups in total. The lowest BCUT2D eigenvalue weighted by Crippen LogP contribution is -2.29. The number of carboxylic acids is 1. The largest absolute Gasteiger partial charge is 0.478 e. The van der Waals surface area contributed by atoms with E-state index < -0.39 is 5.97 Å². The van der Waals surface area contributed by atoms with E-state index >= 15 is 0 Å². The van der Waals surface area contributed by atoms with Crippen molar-refractivity contribution in [3.8, 4) is 5.69 Å². The van der Waals surface area contributed by atoms with Crippen molar-refractivity contribution in [1.29, 1.82) is 0 Å². The first-order valence-corrected chi connectivity index (χ1v) is 13.5. The van der Waals surface area contributed by atoms with Crippen LogP contribution >= 0.6 is 12.2 Å². The van der Waals surface area contributed by atoms with Crippen molar-refractivity contribution in [2.45, 2.75) is 46.2 Å². The van der Waals surface area contributed by atoms with E-state index in [0.29, 0.717) is 11.5 Å². The standard InChI is InChI=1S/C31H31N5O3S/c1-5-27(37)33-25-13-12-23(15-18(25)2)36-29(28(34-31(36)40)26-11-6-7-14-32-26)24-16-19(3)35(20(24)4)22-10-8-9-21(17-22)30(38)39/h6-17,28-29H,5H2,1-4H3,(H,33,37)(H,34,40)(H,38,39)/t28-,29+/m1/s1. The van der Waals surface area contributed by atoms with Crippen LogP contribution in [0.15, 0.2) is 72.9 Å². The van der Waals surface area contributed by atoms with Crippen LogP contribution in [0.25, 0.3) is 5.69 Å². The zero-order valence-corrected chi connectivity index (χ0v) is 23.6. The average Bonchev–Trinajstić information content (AvgIpc) is 3.44. The highest BCUT2D eigenvalue weighted by Gasteiger charge is 2.42. The highest BCUT2D eigenvalue weighted by atomic mass is 32.1. The molecule has 2 atom stereocenters. The smallest absolute Gasteiger partial charge is 0.335 e. The number of rotatable bonds is 7. The molecule has 40 heavy (non-hydrogen) atoms. The van der Waals surface area contributed by atoms with Gasteiger partial charge in [0.1, 0.15) is 0 Å². The topological polar surface area (TPSA) is 99.5 Å². The molecule has 1 amide bonds. The quantitative estimate of drug-likeness (QED) is 0.241. The summed E-state index contributed by atoms with van der Waals surface area (Å²) in [4.78, 5) is 30.4. The molecule has 204 valence electrons. The Morgan fingerprint density at radius 3 is 2.50 bits per heavy atom. The lowest BCUT2D eigenvalue weighted by Gasteiger charge is -2.29. The van der Waals surface area contributed by atoms with E-state index in [0.717, 1.165) is 45.3 Å². The summed E-state index contributed by atoms with van der Waals surface area (Å²) >= 11 is 5.91. The third-order valence-electron chi connectivity index (χ3n) is 7.32. The molecule has 0 spiro atoms. The molecule has 3 heterocycles. The van der Waals surface area contributed by atoms with Crippen LogP contribution in [0.1, 0.15) is 64.0 Å². The number of carbonyl (C=O) groups is 2. The average molecular weight is 554 g/mol. The predicted octanol–water partition coefficient (Wildman–Crippen LogP) is 6.02. The number of anilines is 2. The first-order valence-electron chi connectivity index (χ1n) is 13.1. The van der Waals surface area contributed by atoms with Crippen LogP contribution in [0.4, 0.5) is 11.4 Å². The molecule has 2 aromatic carbocycles. The fourth-order valence-electron chi connectivity index (χ4n) is 5.39. The van der Waals surface area contributed by atoms with E-state index in [9.17, 15) is 14.7 Å². The third-order valence-corrected chi connectivity index (χ3v) is 7.64. The van der Waals surface area contributed by atoms with Crippen LogP contribution in [-0.4, -0.2) is 31.6 Å². The third kappa shape index (κ3) is 4.96. The minimum absolute atomic E-state index is 0.0401. The van der Waals surface area contributed by atoms with Gasteiger partial charge in [-0.25, -0.2) is 4.79 Å². The predicted molar refractivity (Wildman–Crippen MR) is 160 cm³/mol. The summed E-state index contributed by atoms with van der Waals surface area (Å²) in [5.41, 5.74) is 7.45. The molecule has 8 nitrogen and oxygen atoms in total. The molecule has 1 saturated heterocycles. The number of hydrogen-bond acceptors (Lipinski definition) is 4. The molecule has 2 aromatic heterocycles. The number of aromatic nitrogens is 2. The van der Waals surface area contributed by atoms with Crippen molar-refractivity contribution < 1.29 is 14.7 Å². The van der Waals surface area contributed by atoms with E-state index in [-0.39, 0.29) is 23.6 Å². The Morgan fingerprint density at radius 1 is 1.02 bits per heavy atom. The Hall–Kier alpha value is -4.50. The molecule has 1 aliphatic rings. The maximum absolute atomic E-state index is 12.0. The summed E-state index contributed by atoms with van der Waals surface area (Å²) in [6.07, 6.45) is 2.18. The summed E-state index contributed by atoms with van der Waals surface area (Å²) in [5, 5.41) is 16.6. The van der Waals surface area contributed by atoms with E-state index in [2.05, 4.69) is 31.2 Å². The lowest BCUT2D eigenvalue weighted by atomic mass is 9.96. The summed E-state index contributed by atoms with van der Waals surface area (Å²) in [7, 11) is 0. The van der Waals surface area contributed by atoms with Crippen molar-refractivity contribution in [1.82, 2.24) is 14.9 Å². The number of benzene rings is 2. The van der Waals surface area contributed by atoms with Crippen molar-refractivity contribution >= 4 is 40.6 Å². The Kier molecular flexibility index (Phi) is 7.40. The number of amides is 1. The van der Waals surface area contributed by atoms with Gasteiger partial charge in [0.05, 0.1) is 23.3 Å². The molecule has 0 radical (unpaired) electrons. The molecule has 1 aliphatic heterocycles. The second-order valence-corrected chi connectivity index (χ2v) is 10.3. The highest BCUT2D eigenvalue weighted by molar-refractivity contribution is 7.80. The van der Waals surface area contributed by atoms with Crippen LogP contribution in [-0.2, 0) is 4.79 Å². The highest BCUT2D eigenvalue weighted by Crippen LogP contribution is 2.44. The van der Waals surface area contributed by atoms with E-state index in [1.54, 1.807) is 24.4 Å². The van der Waals surface area contributed by atoms with Gasteiger partial charge in [0, 0.05) is 41.1 Å². The first-order chi connectivity index (χ1) is 19.2. The molecule has 9 heteroatoms. The number of nitrogens with one attached hydrogen (secondary N) is 2. The molecule has 0 saturated carbocycles. The van der Waals surface area contributed by atoms with Crippen LogP contribution in [0.3, 0.4) is 0 Å². The summed E-state index contributed by atoms with van der Waals surface area (Å²) < 4.78 is 2.07. The number of carboxylic acid groups (broad SMARTS) is 1. The molecule has 5 rings (SSSR count). The fourth-order valence-corrected chi connectivity index (χ4v) is 5.73. The van der Waals surface area contributed by atoms with Crippen molar-refractivity contribution in [2.75, 3.05) is 10.2 Å². The van der Waals surface area contributed by atoms with E-state index in [1.165, 1.54) is 0 Å². The Morgan fingerprint density at radius 2 is 1.82 bits per heavy atom.